The molecule has 0 aromatic heterocycles. The molecule has 0 saturated carbocycles. The number of carbonyl (C=O) groups is 2. The highest BCUT2D eigenvalue weighted by Gasteiger charge is 2.24. The Morgan fingerprint density at radius 1 is 1.00 bits per heavy atom. The van der Waals surface area contributed by atoms with Gasteiger partial charge in [-0.2, -0.15) is 0 Å². The quantitative estimate of drug-likeness (QED) is 0.779. The molecule has 4 heteroatoms. The maximum Gasteiger partial charge on any atom is 0.222 e. The number of ketones is 1. The van der Waals surface area contributed by atoms with E-state index in [9.17, 15) is 9.59 Å². The van der Waals surface area contributed by atoms with Crippen molar-refractivity contribution in [3.05, 3.63) is 34.4 Å². The second kappa shape index (κ2) is 7.93. The lowest BCUT2D eigenvalue weighted by molar-refractivity contribution is -0.133. The van der Waals surface area contributed by atoms with Crippen LogP contribution in [0.5, 0.6) is 0 Å². The van der Waals surface area contributed by atoms with E-state index in [0.717, 1.165) is 42.9 Å². The molecule has 24 heavy (non-hydrogen) atoms. The summed E-state index contributed by atoms with van der Waals surface area (Å²) in [6.07, 6.45) is 0.612. The summed E-state index contributed by atoms with van der Waals surface area (Å²) in [7, 11) is 0. The van der Waals surface area contributed by atoms with Crippen LogP contribution in [0, 0.1) is 26.7 Å². The molecule has 0 atom stereocenters. The molecule has 1 aromatic rings. The summed E-state index contributed by atoms with van der Waals surface area (Å²) >= 11 is 0. The Labute approximate surface area is 145 Å². The molecule has 1 heterocycles. The Morgan fingerprint density at radius 2 is 1.54 bits per heavy atom. The molecule has 4 nitrogen and oxygen atoms in total. The largest absolute Gasteiger partial charge is 0.340 e. The second-order valence-corrected chi connectivity index (χ2v) is 7.45. The average Bonchev–Trinajstić information content (AvgIpc) is 2.46. The summed E-state index contributed by atoms with van der Waals surface area (Å²) < 4.78 is 0. The molecule has 1 aromatic carbocycles. The number of nitrogens with zero attached hydrogens (tertiary/aromatic N) is 2. The molecule has 1 aliphatic heterocycles. The van der Waals surface area contributed by atoms with Crippen LogP contribution in [0.2, 0.25) is 0 Å². The maximum absolute atomic E-state index is 12.7. The Balaban J connectivity index is 1.92. The van der Waals surface area contributed by atoms with E-state index in [-0.39, 0.29) is 11.7 Å². The Bertz CT molecular complexity index is 591. The smallest absolute Gasteiger partial charge is 0.222 e. The van der Waals surface area contributed by atoms with E-state index >= 15 is 0 Å². The van der Waals surface area contributed by atoms with Gasteiger partial charge in [0.2, 0.25) is 5.91 Å². The molecule has 2 rings (SSSR count). The maximum atomic E-state index is 12.7. The van der Waals surface area contributed by atoms with Crippen LogP contribution in [0.25, 0.3) is 0 Å². The summed E-state index contributed by atoms with van der Waals surface area (Å²) in [6.45, 7) is 13.7. The van der Waals surface area contributed by atoms with E-state index < -0.39 is 0 Å². The van der Waals surface area contributed by atoms with Gasteiger partial charge < -0.3 is 4.90 Å². The lowest BCUT2D eigenvalue weighted by atomic mass is 9.96. The molecule has 0 unspecified atom stereocenters. The van der Waals surface area contributed by atoms with Crippen LogP contribution in [0.4, 0.5) is 0 Å². The predicted octanol–water partition coefficient (Wildman–Crippen LogP) is 2.98. The Hall–Kier alpha value is -1.68. The molecule has 0 spiro atoms. The van der Waals surface area contributed by atoms with Gasteiger partial charge in [-0.3, -0.25) is 14.5 Å². The molecule has 0 radical (unpaired) electrons. The Kier molecular flexibility index (Phi) is 6.16. The highest BCUT2D eigenvalue weighted by atomic mass is 16.2. The number of carbonyl (C=O) groups excluding carboxylic acids is 2. The van der Waals surface area contributed by atoms with E-state index in [1.165, 1.54) is 5.56 Å². The van der Waals surface area contributed by atoms with Gasteiger partial charge in [0.15, 0.2) is 5.78 Å². The zero-order chi connectivity index (χ0) is 17.9. The molecule has 1 amide bonds. The third-order valence-corrected chi connectivity index (χ3v) is 4.63. The molecule has 0 aliphatic carbocycles. The van der Waals surface area contributed by atoms with Crippen LogP contribution in [0.3, 0.4) is 0 Å². The van der Waals surface area contributed by atoms with Crippen LogP contribution >= 0.6 is 0 Å². The van der Waals surface area contributed by atoms with Crippen molar-refractivity contribution < 1.29 is 9.59 Å². The number of hydrogen-bond acceptors (Lipinski definition) is 3. The van der Waals surface area contributed by atoms with Gasteiger partial charge in [0.25, 0.3) is 0 Å². The number of amides is 1. The first-order valence-corrected chi connectivity index (χ1v) is 8.89. The second-order valence-electron chi connectivity index (χ2n) is 7.45. The number of piperazine rings is 1. The first kappa shape index (κ1) is 18.7. The van der Waals surface area contributed by atoms with Crippen molar-refractivity contribution >= 4 is 11.7 Å². The molecule has 132 valence electrons. The zero-order valence-corrected chi connectivity index (χ0v) is 15.7. The van der Waals surface area contributed by atoms with E-state index in [1.807, 2.05) is 18.7 Å². The van der Waals surface area contributed by atoms with Crippen molar-refractivity contribution in [1.29, 1.82) is 0 Å². The van der Waals surface area contributed by atoms with Crippen LogP contribution in [0.1, 0.15) is 47.3 Å². The average molecular weight is 330 g/mol. The van der Waals surface area contributed by atoms with Crippen LogP contribution in [-0.2, 0) is 4.79 Å². The molecular weight excluding hydrogens is 300 g/mol. The minimum atomic E-state index is 0.187. The summed E-state index contributed by atoms with van der Waals surface area (Å²) in [6, 6.07) is 4.14. The van der Waals surface area contributed by atoms with Gasteiger partial charge in [-0.25, -0.2) is 0 Å². The van der Waals surface area contributed by atoms with E-state index in [4.69, 9.17) is 0 Å². The minimum Gasteiger partial charge on any atom is -0.340 e. The van der Waals surface area contributed by atoms with E-state index in [0.29, 0.717) is 18.9 Å². The summed E-state index contributed by atoms with van der Waals surface area (Å²) in [4.78, 5) is 28.9. The van der Waals surface area contributed by atoms with Crippen molar-refractivity contribution in [3.8, 4) is 0 Å². The third-order valence-electron chi connectivity index (χ3n) is 4.63. The SMILES string of the molecule is Cc1cc(C)c(C(=O)CN2CCN(C(=O)CC(C)C)CC2)c(C)c1. The first-order valence-electron chi connectivity index (χ1n) is 8.89. The van der Waals surface area contributed by atoms with Crippen molar-refractivity contribution in [1.82, 2.24) is 9.80 Å². The number of benzene rings is 1. The highest BCUT2D eigenvalue weighted by Crippen LogP contribution is 2.18. The fraction of sp³-hybridized carbons (Fsp3) is 0.600. The minimum absolute atomic E-state index is 0.187. The fourth-order valence-corrected chi connectivity index (χ4v) is 3.54. The fourth-order valence-electron chi connectivity index (χ4n) is 3.54. The number of hydrogen-bond donors (Lipinski definition) is 0. The molecule has 1 saturated heterocycles. The van der Waals surface area contributed by atoms with Crippen molar-refractivity contribution in [2.75, 3.05) is 32.7 Å². The predicted molar refractivity (Wildman–Crippen MR) is 97.5 cm³/mol. The monoisotopic (exact) mass is 330 g/mol. The van der Waals surface area contributed by atoms with E-state index in [1.54, 1.807) is 0 Å². The van der Waals surface area contributed by atoms with Gasteiger partial charge >= 0.3 is 0 Å². The van der Waals surface area contributed by atoms with Gasteiger partial charge in [-0.15, -0.1) is 0 Å². The summed E-state index contributed by atoms with van der Waals surface area (Å²) in [5, 5.41) is 0. The van der Waals surface area contributed by atoms with Crippen LogP contribution < -0.4 is 0 Å². The number of aryl methyl sites for hydroxylation is 3. The first-order chi connectivity index (χ1) is 11.3. The molecule has 0 bridgehead atoms. The standard InChI is InChI=1S/C20H30N2O2/c1-14(2)10-19(24)22-8-6-21(7-9-22)13-18(23)20-16(4)11-15(3)12-17(20)5/h11-12,14H,6-10,13H2,1-5H3. The van der Waals surface area contributed by atoms with Gasteiger partial charge in [0.05, 0.1) is 6.54 Å². The molecule has 1 aliphatic rings. The number of rotatable bonds is 5. The zero-order valence-electron chi connectivity index (χ0n) is 15.7. The van der Waals surface area contributed by atoms with Crippen molar-refractivity contribution in [2.45, 2.75) is 41.0 Å². The van der Waals surface area contributed by atoms with Gasteiger partial charge in [-0.1, -0.05) is 31.5 Å². The lowest BCUT2D eigenvalue weighted by Gasteiger charge is -2.34. The topological polar surface area (TPSA) is 40.6 Å². The van der Waals surface area contributed by atoms with Gasteiger partial charge in [0.1, 0.15) is 0 Å². The van der Waals surface area contributed by atoms with Crippen LogP contribution in [-0.4, -0.2) is 54.2 Å². The summed E-state index contributed by atoms with van der Waals surface area (Å²) in [5.74, 6) is 0.817. The van der Waals surface area contributed by atoms with Gasteiger partial charge in [0, 0.05) is 38.2 Å². The molecule has 0 N–H and O–H groups in total. The van der Waals surface area contributed by atoms with Crippen molar-refractivity contribution in [3.63, 3.8) is 0 Å². The molecular formula is C20H30N2O2. The third kappa shape index (κ3) is 4.67. The lowest BCUT2D eigenvalue weighted by Crippen LogP contribution is -2.50. The normalized spacial score (nSPS) is 15.8. The Morgan fingerprint density at radius 3 is 2.04 bits per heavy atom. The van der Waals surface area contributed by atoms with Crippen molar-refractivity contribution in [2.24, 2.45) is 5.92 Å². The summed E-state index contributed by atoms with van der Waals surface area (Å²) in [5.41, 5.74) is 4.17. The highest BCUT2D eigenvalue weighted by molar-refractivity contribution is 6.00. The van der Waals surface area contributed by atoms with Gasteiger partial charge in [-0.05, 0) is 37.8 Å². The van der Waals surface area contributed by atoms with Crippen LogP contribution in [0.15, 0.2) is 12.1 Å². The molecule has 1 fully saturated rings. The van der Waals surface area contributed by atoms with E-state index in [2.05, 4.69) is 37.8 Å². The number of Topliss-reactive ketones (excluding diaryl/α,β-unsaturated/α-hetero) is 1.